The molecule has 3 heterocycles. The van der Waals surface area contributed by atoms with Crippen molar-refractivity contribution in [1.82, 2.24) is 14.5 Å². The first kappa shape index (κ1) is 26.8. The fourth-order valence-electron chi connectivity index (χ4n) is 4.85. The number of likely N-dealkylation sites (tertiary alicyclic amines) is 1. The van der Waals surface area contributed by atoms with Gasteiger partial charge in [-0.25, -0.2) is 4.98 Å². The topological polar surface area (TPSA) is 76.5 Å². The van der Waals surface area contributed by atoms with Gasteiger partial charge in [0.1, 0.15) is 11.4 Å². The van der Waals surface area contributed by atoms with Gasteiger partial charge in [0.15, 0.2) is 0 Å². The Morgan fingerprint density at radius 1 is 1.22 bits per heavy atom. The van der Waals surface area contributed by atoms with Gasteiger partial charge in [0, 0.05) is 43.2 Å². The average Bonchev–Trinajstić information content (AvgIpc) is 3.18. The van der Waals surface area contributed by atoms with Gasteiger partial charge in [-0.05, 0) is 42.5 Å². The van der Waals surface area contributed by atoms with Crippen LogP contribution in [-0.4, -0.2) is 46.5 Å². The molecule has 2 aromatic heterocycles. The maximum Gasteiger partial charge on any atom is 0.419 e. The second kappa shape index (κ2) is 10.2. The van der Waals surface area contributed by atoms with E-state index < -0.39 is 23.3 Å². The van der Waals surface area contributed by atoms with Crippen molar-refractivity contribution in [3.05, 3.63) is 52.3 Å². The zero-order valence-corrected chi connectivity index (χ0v) is 21.7. The minimum Gasteiger partial charge on any atom is -0.495 e. The van der Waals surface area contributed by atoms with Gasteiger partial charge < -0.3 is 19.5 Å². The van der Waals surface area contributed by atoms with Crippen molar-refractivity contribution in [2.75, 3.05) is 25.5 Å². The third-order valence-corrected chi connectivity index (χ3v) is 7.00. The highest BCUT2D eigenvalue weighted by atomic mass is 35.5. The number of amides is 2. The Balaban J connectivity index is 1.72. The van der Waals surface area contributed by atoms with Crippen molar-refractivity contribution in [2.24, 2.45) is 13.0 Å². The molecule has 11 heteroatoms. The van der Waals surface area contributed by atoms with E-state index in [0.717, 1.165) is 6.20 Å². The molecule has 2 amide bonds. The number of fused-ring (bicyclic) bond motifs is 1. The molecule has 0 bridgehead atoms. The number of aromatic nitrogens is 2. The number of ether oxygens (including phenoxy) is 1. The van der Waals surface area contributed by atoms with Crippen LogP contribution in [-0.2, 0) is 18.0 Å². The molecule has 0 unspecified atom stereocenters. The van der Waals surface area contributed by atoms with E-state index in [1.165, 1.54) is 25.3 Å². The Morgan fingerprint density at radius 3 is 2.46 bits per heavy atom. The van der Waals surface area contributed by atoms with Crippen molar-refractivity contribution in [3.63, 3.8) is 0 Å². The van der Waals surface area contributed by atoms with Crippen LogP contribution in [0.3, 0.4) is 0 Å². The van der Waals surface area contributed by atoms with E-state index in [4.69, 9.17) is 16.3 Å². The number of methoxy groups -OCH3 is 1. The van der Waals surface area contributed by atoms with Crippen LogP contribution in [0.5, 0.6) is 5.75 Å². The summed E-state index contributed by atoms with van der Waals surface area (Å²) in [5.74, 6) is -0.699. The first-order valence-corrected chi connectivity index (χ1v) is 12.3. The molecule has 37 heavy (non-hydrogen) atoms. The van der Waals surface area contributed by atoms with Crippen LogP contribution in [0.25, 0.3) is 11.0 Å². The number of rotatable bonds is 5. The molecule has 1 aliphatic rings. The first-order chi connectivity index (χ1) is 17.4. The van der Waals surface area contributed by atoms with Gasteiger partial charge in [-0.3, -0.25) is 9.59 Å². The predicted octanol–water partition coefficient (Wildman–Crippen LogP) is 5.87. The largest absolute Gasteiger partial charge is 0.495 e. The zero-order valence-electron chi connectivity index (χ0n) is 20.9. The lowest BCUT2D eigenvalue weighted by molar-refractivity contribution is -0.136. The van der Waals surface area contributed by atoms with Crippen LogP contribution in [0.1, 0.15) is 54.1 Å². The van der Waals surface area contributed by atoms with Crippen LogP contribution in [0.2, 0.25) is 5.02 Å². The van der Waals surface area contributed by atoms with E-state index in [1.54, 1.807) is 22.7 Å². The minimum absolute atomic E-state index is 0.0331. The number of halogens is 4. The Morgan fingerprint density at radius 2 is 1.89 bits per heavy atom. The molecule has 4 rings (SSSR count). The first-order valence-electron chi connectivity index (χ1n) is 11.9. The van der Waals surface area contributed by atoms with Gasteiger partial charge in [0.2, 0.25) is 5.91 Å². The lowest BCUT2D eigenvalue weighted by Gasteiger charge is -2.33. The molecule has 198 valence electrons. The van der Waals surface area contributed by atoms with E-state index >= 15 is 0 Å². The van der Waals surface area contributed by atoms with E-state index in [0.29, 0.717) is 37.2 Å². The van der Waals surface area contributed by atoms with Crippen LogP contribution in [0, 0.1) is 5.92 Å². The van der Waals surface area contributed by atoms with Crippen molar-refractivity contribution < 1.29 is 27.5 Å². The molecule has 7 nitrogen and oxygen atoms in total. The number of nitrogens with zero attached hydrogens (tertiary/aromatic N) is 3. The number of pyridine rings is 1. The Hall–Kier alpha value is -3.27. The quantitative estimate of drug-likeness (QED) is 0.442. The number of benzene rings is 1. The number of anilines is 1. The summed E-state index contributed by atoms with van der Waals surface area (Å²) in [6.07, 6.45) is -0.981. The fourth-order valence-corrected chi connectivity index (χ4v) is 5.11. The van der Waals surface area contributed by atoms with E-state index in [-0.39, 0.29) is 39.4 Å². The minimum atomic E-state index is -4.76. The molecule has 3 aromatic rings. The van der Waals surface area contributed by atoms with Crippen LogP contribution < -0.4 is 10.1 Å². The van der Waals surface area contributed by atoms with E-state index in [9.17, 15) is 22.8 Å². The molecule has 0 spiro atoms. The molecule has 0 saturated carbocycles. The number of alkyl halides is 3. The Labute approximate surface area is 217 Å². The monoisotopic (exact) mass is 536 g/mol. The van der Waals surface area contributed by atoms with E-state index in [1.807, 2.05) is 13.8 Å². The number of carbonyl (C=O) groups excluding carboxylic acids is 2. The normalized spacial score (nSPS) is 14.9. The number of aryl methyl sites for hydroxylation is 1. The van der Waals surface area contributed by atoms with Gasteiger partial charge in [-0.15, -0.1) is 0 Å². The number of piperidine rings is 1. The Bertz CT molecular complexity index is 1350. The van der Waals surface area contributed by atoms with Crippen molar-refractivity contribution in [2.45, 2.75) is 38.8 Å². The lowest BCUT2D eigenvalue weighted by atomic mass is 9.87. The summed E-state index contributed by atoms with van der Waals surface area (Å²) in [6, 6.07) is 4.21. The molecular formula is C26H28ClF3N4O3. The van der Waals surface area contributed by atoms with Crippen molar-refractivity contribution in [3.8, 4) is 5.75 Å². The summed E-state index contributed by atoms with van der Waals surface area (Å²) in [7, 11) is 3.06. The molecule has 1 aromatic carbocycles. The van der Waals surface area contributed by atoms with Gasteiger partial charge in [0.05, 0.1) is 29.6 Å². The Kier molecular flexibility index (Phi) is 7.41. The molecular weight excluding hydrogens is 509 g/mol. The van der Waals surface area contributed by atoms with Crippen molar-refractivity contribution >= 4 is 40.1 Å². The molecule has 0 atom stereocenters. The second-order valence-corrected chi connectivity index (χ2v) is 9.90. The summed E-state index contributed by atoms with van der Waals surface area (Å²) in [4.78, 5) is 31.3. The van der Waals surface area contributed by atoms with Gasteiger partial charge in [0.25, 0.3) is 5.91 Å². The third kappa shape index (κ3) is 5.25. The number of hydrogen-bond donors (Lipinski definition) is 1. The molecule has 1 saturated heterocycles. The maximum absolute atomic E-state index is 14.5. The standard InChI is InChI=1S/C26H28ClF3N4O3/c1-14(2)25(36)34-9-7-15(8-10-34)17-13-33(3)23-21(17)22(26(28,29)30)19(12-31-23)32-24(35)16-5-6-20(37-4)18(27)11-16/h5-6,11-15H,7-10H2,1-4H3,(H,32,35). The number of carbonyl (C=O) groups is 2. The highest BCUT2D eigenvalue weighted by molar-refractivity contribution is 6.32. The summed E-state index contributed by atoms with van der Waals surface area (Å²) < 4.78 is 50.2. The fraction of sp³-hybridized carbons (Fsp3) is 0.423. The van der Waals surface area contributed by atoms with Crippen molar-refractivity contribution in [1.29, 1.82) is 0 Å². The summed E-state index contributed by atoms with van der Waals surface area (Å²) in [5, 5.41) is 2.51. The smallest absolute Gasteiger partial charge is 0.419 e. The lowest BCUT2D eigenvalue weighted by Crippen LogP contribution is -2.40. The van der Waals surface area contributed by atoms with Crippen LogP contribution >= 0.6 is 11.6 Å². The van der Waals surface area contributed by atoms with Crippen LogP contribution in [0.15, 0.2) is 30.6 Å². The van der Waals surface area contributed by atoms with Crippen LogP contribution in [0.4, 0.5) is 18.9 Å². The third-order valence-electron chi connectivity index (χ3n) is 6.70. The maximum atomic E-state index is 14.5. The molecule has 1 N–H and O–H groups in total. The highest BCUT2D eigenvalue weighted by Gasteiger charge is 2.39. The number of hydrogen-bond acceptors (Lipinski definition) is 4. The molecule has 0 radical (unpaired) electrons. The SMILES string of the molecule is COc1ccc(C(=O)Nc2cnc3c(c(C4CCN(C(=O)C(C)C)CC4)cn3C)c2C(F)(F)F)cc1Cl. The highest BCUT2D eigenvalue weighted by Crippen LogP contribution is 2.44. The van der Waals surface area contributed by atoms with Gasteiger partial charge in [-0.2, -0.15) is 13.2 Å². The summed E-state index contributed by atoms with van der Waals surface area (Å²) >= 11 is 6.09. The summed E-state index contributed by atoms with van der Waals surface area (Å²) in [6.45, 7) is 4.61. The van der Waals surface area contributed by atoms with Gasteiger partial charge in [-0.1, -0.05) is 25.4 Å². The molecule has 0 aliphatic carbocycles. The zero-order chi connectivity index (χ0) is 27.1. The second-order valence-electron chi connectivity index (χ2n) is 9.50. The number of nitrogens with one attached hydrogen (secondary N) is 1. The molecule has 1 aliphatic heterocycles. The predicted molar refractivity (Wildman–Crippen MR) is 135 cm³/mol. The summed E-state index contributed by atoms with van der Waals surface area (Å²) in [5.41, 5.74) is -0.612. The van der Waals surface area contributed by atoms with E-state index in [2.05, 4.69) is 10.3 Å². The average molecular weight is 537 g/mol. The molecule has 1 fully saturated rings. The van der Waals surface area contributed by atoms with Gasteiger partial charge >= 0.3 is 6.18 Å².